The monoisotopic (exact) mass is 276 g/mol. The summed E-state index contributed by atoms with van der Waals surface area (Å²) in [7, 11) is -3.44. The van der Waals surface area contributed by atoms with Crippen molar-refractivity contribution < 1.29 is 18.3 Å². The minimum Gasteiger partial charge on any atom is -0.476 e. The summed E-state index contributed by atoms with van der Waals surface area (Å²) in [6.07, 6.45) is 1.28. The third kappa shape index (κ3) is 3.91. The molecule has 8 heteroatoms. The summed E-state index contributed by atoms with van der Waals surface area (Å²) >= 11 is 1.10. The summed E-state index contributed by atoms with van der Waals surface area (Å²) in [5, 5.41) is 10.5. The number of nitrogens with one attached hydrogen (secondary N) is 1. The summed E-state index contributed by atoms with van der Waals surface area (Å²) in [6.45, 7) is 4.95. The Labute approximate surface area is 103 Å². The number of aromatic carboxylic acids is 1. The molecule has 0 aromatic carbocycles. The Morgan fingerprint density at radius 3 is 2.88 bits per heavy atom. The minimum atomic E-state index is -3.44. The van der Waals surface area contributed by atoms with Crippen molar-refractivity contribution in [3.63, 3.8) is 0 Å². The van der Waals surface area contributed by atoms with Crippen LogP contribution in [0.3, 0.4) is 0 Å². The second-order valence-corrected chi connectivity index (χ2v) is 5.97. The number of sulfonamides is 1. The third-order valence-electron chi connectivity index (χ3n) is 1.81. The minimum absolute atomic E-state index is 0.0835. The number of nitrogens with zero attached hydrogens (tertiary/aromatic N) is 1. The molecule has 0 spiro atoms. The van der Waals surface area contributed by atoms with Crippen LogP contribution in [-0.2, 0) is 10.0 Å². The van der Waals surface area contributed by atoms with Crippen LogP contribution in [-0.4, -0.2) is 30.2 Å². The van der Waals surface area contributed by atoms with Gasteiger partial charge in [-0.1, -0.05) is 6.08 Å². The highest BCUT2D eigenvalue weighted by Gasteiger charge is 2.18. The van der Waals surface area contributed by atoms with Crippen LogP contribution in [0.2, 0.25) is 0 Å². The average molecular weight is 276 g/mol. The van der Waals surface area contributed by atoms with Gasteiger partial charge in [0.15, 0.2) is 5.69 Å². The molecular weight excluding hydrogens is 264 g/mol. The molecule has 94 valence electrons. The molecule has 1 heterocycles. The van der Waals surface area contributed by atoms with E-state index in [2.05, 4.69) is 16.3 Å². The molecule has 0 fully saturated rings. The van der Waals surface area contributed by atoms with E-state index < -0.39 is 22.0 Å². The fourth-order valence-corrected chi connectivity index (χ4v) is 3.04. The van der Waals surface area contributed by atoms with Gasteiger partial charge in [-0.25, -0.2) is 22.9 Å². The molecule has 1 atom stereocenters. The molecular formula is C9H12N2O4S2. The van der Waals surface area contributed by atoms with Crippen molar-refractivity contribution in [1.82, 2.24) is 9.71 Å². The molecule has 1 unspecified atom stereocenters. The van der Waals surface area contributed by atoms with Crippen LogP contribution >= 0.6 is 11.3 Å². The summed E-state index contributed by atoms with van der Waals surface area (Å²) in [6, 6.07) is -0.557. The van der Waals surface area contributed by atoms with Crippen molar-refractivity contribution in [3.8, 4) is 0 Å². The molecule has 0 radical (unpaired) electrons. The molecule has 0 aliphatic carbocycles. The van der Waals surface area contributed by atoms with E-state index in [1.807, 2.05) is 0 Å². The van der Waals surface area contributed by atoms with Gasteiger partial charge in [0.2, 0.25) is 10.0 Å². The highest BCUT2D eigenvalue weighted by molar-refractivity contribution is 7.89. The second kappa shape index (κ2) is 5.39. The number of carboxylic acids is 1. The van der Waals surface area contributed by atoms with E-state index in [1.165, 1.54) is 11.5 Å². The first kappa shape index (κ1) is 13.8. The van der Waals surface area contributed by atoms with Gasteiger partial charge in [0.25, 0.3) is 0 Å². The van der Waals surface area contributed by atoms with Crippen molar-refractivity contribution in [2.24, 2.45) is 0 Å². The van der Waals surface area contributed by atoms with Crippen LogP contribution in [0.25, 0.3) is 0 Å². The van der Waals surface area contributed by atoms with E-state index in [9.17, 15) is 13.2 Å². The van der Waals surface area contributed by atoms with Crippen LogP contribution in [0.15, 0.2) is 18.0 Å². The Morgan fingerprint density at radius 1 is 1.76 bits per heavy atom. The van der Waals surface area contributed by atoms with Crippen molar-refractivity contribution in [2.45, 2.75) is 13.0 Å². The van der Waals surface area contributed by atoms with Gasteiger partial charge in [-0.2, -0.15) is 0 Å². The summed E-state index contributed by atoms with van der Waals surface area (Å²) in [5.41, 5.74) is -0.0835. The number of hydrogen-bond donors (Lipinski definition) is 2. The SMILES string of the molecule is C=CCS(=O)(=O)NC(C)c1nc(C(=O)O)cs1. The highest BCUT2D eigenvalue weighted by atomic mass is 32.2. The standard InChI is InChI=1S/C9H12N2O4S2/c1-3-4-17(14,15)11-6(2)8-10-7(5-16-8)9(12)13/h3,5-6,11H,1,4H2,2H3,(H,12,13). The summed E-state index contributed by atoms with van der Waals surface area (Å²) in [4.78, 5) is 14.4. The Bertz CT molecular complexity index is 521. The van der Waals surface area contributed by atoms with Gasteiger partial charge in [0.05, 0.1) is 11.8 Å². The topological polar surface area (TPSA) is 96.4 Å². The summed E-state index contributed by atoms with van der Waals surface area (Å²) in [5.74, 6) is -1.32. The maximum atomic E-state index is 11.4. The predicted octanol–water partition coefficient (Wildman–Crippen LogP) is 1.01. The average Bonchev–Trinajstić information content (AvgIpc) is 2.64. The molecule has 1 aromatic heterocycles. The molecule has 0 bridgehead atoms. The molecule has 0 aliphatic rings. The lowest BCUT2D eigenvalue weighted by molar-refractivity contribution is 0.0691. The maximum Gasteiger partial charge on any atom is 0.355 e. The van der Waals surface area contributed by atoms with E-state index in [0.29, 0.717) is 5.01 Å². The quantitative estimate of drug-likeness (QED) is 0.756. The normalized spacial score (nSPS) is 13.2. The smallest absolute Gasteiger partial charge is 0.355 e. The van der Waals surface area contributed by atoms with E-state index in [-0.39, 0.29) is 11.4 Å². The maximum absolute atomic E-state index is 11.4. The number of carboxylic acid groups (broad SMARTS) is 1. The number of hydrogen-bond acceptors (Lipinski definition) is 5. The van der Waals surface area contributed by atoms with Crippen LogP contribution < -0.4 is 4.72 Å². The van der Waals surface area contributed by atoms with Crippen LogP contribution in [0.5, 0.6) is 0 Å². The molecule has 17 heavy (non-hydrogen) atoms. The van der Waals surface area contributed by atoms with E-state index in [1.54, 1.807) is 6.92 Å². The second-order valence-electron chi connectivity index (χ2n) is 3.29. The van der Waals surface area contributed by atoms with E-state index in [4.69, 9.17) is 5.11 Å². The number of carbonyl (C=O) groups is 1. The van der Waals surface area contributed by atoms with Gasteiger partial charge >= 0.3 is 5.97 Å². The van der Waals surface area contributed by atoms with Gasteiger partial charge < -0.3 is 5.11 Å². The van der Waals surface area contributed by atoms with Gasteiger partial charge in [0.1, 0.15) is 5.01 Å². The Balaban J connectivity index is 2.79. The van der Waals surface area contributed by atoms with Crippen LogP contribution in [0, 0.1) is 0 Å². The van der Waals surface area contributed by atoms with Gasteiger partial charge in [0, 0.05) is 5.38 Å². The zero-order valence-corrected chi connectivity index (χ0v) is 10.7. The van der Waals surface area contributed by atoms with Gasteiger partial charge in [-0.15, -0.1) is 17.9 Å². The van der Waals surface area contributed by atoms with Crippen LogP contribution in [0.4, 0.5) is 0 Å². The first-order chi connectivity index (χ1) is 7.85. The predicted molar refractivity (Wildman–Crippen MR) is 64.6 cm³/mol. The van der Waals surface area contributed by atoms with Crippen molar-refractivity contribution in [3.05, 3.63) is 28.7 Å². The molecule has 0 aliphatic heterocycles. The first-order valence-corrected chi connectivity index (χ1v) is 7.18. The highest BCUT2D eigenvalue weighted by Crippen LogP contribution is 2.18. The number of aromatic nitrogens is 1. The largest absolute Gasteiger partial charge is 0.476 e. The van der Waals surface area contributed by atoms with E-state index in [0.717, 1.165) is 11.3 Å². The molecule has 0 saturated heterocycles. The number of thiazole rings is 1. The Kier molecular flexibility index (Phi) is 4.38. The molecule has 2 N–H and O–H groups in total. The summed E-state index contributed by atoms with van der Waals surface area (Å²) < 4.78 is 25.2. The van der Waals surface area contributed by atoms with Crippen LogP contribution in [0.1, 0.15) is 28.5 Å². The zero-order valence-electron chi connectivity index (χ0n) is 9.08. The van der Waals surface area contributed by atoms with Crippen molar-refractivity contribution >= 4 is 27.3 Å². The van der Waals surface area contributed by atoms with Crippen molar-refractivity contribution in [2.75, 3.05) is 5.75 Å². The van der Waals surface area contributed by atoms with E-state index >= 15 is 0 Å². The fraction of sp³-hybridized carbons (Fsp3) is 0.333. The molecule has 6 nitrogen and oxygen atoms in total. The third-order valence-corrected chi connectivity index (χ3v) is 4.22. The fourth-order valence-electron chi connectivity index (χ4n) is 1.11. The Hall–Kier alpha value is -1.25. The molecule has 1 aromatic rings. The lowest BCUT2D eigenvalue weighted by atomic mass is 10.4. The van der Waals surface area contributed by atoms with Crippen molar-refractivity contribution in [1.29, 1.82) is 0 Å². The number of rotatable bonds is 6. The van der Waals surface area contributed by atoms with Gasteiger partial charge in [-0.05, 0) is 6.92 Å². The molecule has 0 amide bonds. The molecule has 1 rings (SSSR count). The Morgan fingerprint density at radius 2 is 2.41 bits per heavy atom. The first-order valence-electron chi connectivity index (χ1n) is 4.65. The molecule has 0 saturated carbocycles. The zero-order chi connectivity index (χ0) is 13.1. The lowest BCUT2D eigenvalue weighted by Gasteiger charge is -2.10. The lowest BCUT2D eigenvalue weighted by Crippen LogP contribution is -2.28. The van der Waals surface area contributed by atoms with Gasteiger partial charge in [-0.3, -0.25) is 0 Å².